The maximum Gasteiger partial charge on any atom is 0.416 e. The molecule has 1 atom stereocenters. The zero-order valence-corrected chi connectivity index (χ0v) is 14.4. The second-order valence-electron chi connectivity index (χ2n) is 6.96. The Hall–Kier alpha value is -2.50. The van der Waals surface area contributed by atoms with Crippen molar-refractivity contribution in [1.29, 1.82) is 0 Å². The zero-order chi connectivity index (χ0) is 18.5. The van der Waals surface area contributed by atoms with Crippen LogP contribution >= 0.6 is 0 Å². The summed E-state index contributed by atoms with van der Waals surface area (Å²) in [7, 11) is 0. The van der Waals surface area contributed by atoms with Gasteiger partial charge in [-0.3, -0.25) is 4.79 Å². The molecule has 0 unspecified atom stereocenters. The lowest BCUT2D eigenvalue weighted by molar-refractivity contribution is -0.137. The number of alkyl halides is 3. The SMILES string of the molecule is Cc1ccc(CN2C(=O)[C@H]3CCCN3c3ccc(C(F)(F)F)cc32)cc1. The van der Waals surface area contributed by atoms with Crippen LogP contribution in [0, 0.1) is 6.92 Å². The summed E-state index contributed by atoms with van der Waals surface area (Å²) >= 11 is 0. The first-order valence-corrected chi connectivity index (χ1v) is 8.69. The van der Waals surface area contributed by atoms with Crippen LogP contribution in [0.2, 0.25) is 0 Å². The number of benzene rings is 2. The van der Waals surface area contributed by atoms with Crippen LogP contribution in [0.1, 0.15) is 29.5 Å². The summed E-state index contributed by atoms with van der Waals surface area (Å²) in [6.07, 6.45) is -2.83. The third-order valence-electron chi connectivity index (χ3n) is 5.17. The van der Waals surface area contributed by atoms with Crippen LogP contribution < -0.4 is 9.80 Å². The van der Waals surface area contributed by atoms with Crippen LogP contribution in [0.25, 0.3) is 0 Å². The molecule has 136 valence electrons. The minimum absolute atomic E-state index is 0.116. The molecule has 26 heavy (non-hydrogen) atoms. The number of anilines is 2. The predicted octanol–water partition coefficient (Wildman–Crippen LogP) is 4.53. The number of halogens is 3. The van der Waals surface area contributed by atoms with Crippen LogP contribution in [0.15, 0.2) is 42.5 Å². The van der Waals surface area contributed by atoms with Gasteiger partial charge in [0.05, 0.1) is 23.5 Å². The maximum absolute atomic E-state index is 13.2. The van der Waals surface area contributed by atoms with Crippen LogP contribution in [-0.4, -0.2) is 18.5 Å². The van der Waals surface area contributed by atoms with Gasteiger partial charge in [-0.15, -0.1) is 0 Å². The summed E-state index contributed by atoms with van der Waals surface area (Å²) in [6, 6.07) is 11.2. The van der Waals surface area contributed by atoms with Gasteiger partial charge >= 0.3 is 6.18 Å². The molecular formula is C20H19F3N2O. The Morgan fingerprint density at radius 3 is 2.50 bits per heavy atom. The second-order valence-corrected chi connectivity index (χ2v) is 6.96. The quantitative estimate of drug-likeness (QED) is 0.786. The van der Waals surface area contributed by atoms with E-state index in [1.165, 1.54) is 11.0 Å². The highest BCUT2D eigenvalue weighted by Crippen LogP contribution is 2.43. The van der Waals surface area contributed by atoms with Gasteiger partial charge in [0.15, 0.2) is 0 Å². The molecule has 2 aliphatic rings. The zero-order valence-electron chi connectivity index (χ0n) is 14.4. The first kappa shape index (κ1) is 16.9. The first-order chi connectivity index (χ1) is 12.3. The molecule has 0 saturated carbocycles. The monoisotopic (exact) mass is 360 g/mol. The normalized spacial score (nSPS) is 19.5. The number of carbonyl (C=O) groups excluding carboxylic acids is 1. The van der Waals surface area contributed by atoms with E-state index >= 15 is 0 Å². The van der Waals surface area contributed by atoms with Gasteiger partial charge in [-0.05, 0) is 43.5 Å². The molecule has 0 aliphatic carbocycles. The van der Waals surface area contributed by atoms with Gasteiger partial charge in [-0.25, -0.2) is 0 Å². The summed E-state index contributed by atoms with van der Waals surface area (Å²) < 4.78 is 39.6. The molecule has 6 heteroatoms. The molecule has 2 aromatic rings. The summed E-state index contributed by atoms with van der Waals surface area (Å²) in [5, 5.41) is 0. The highest BCUT2D eigenvalue weighted by atomic mass is 19.4. The molecule has 0 N–H and O–H groups in total. The predicted molar refractivity (Wildman–Crippen MR) is 94.2 cm³/mol. The average Bonchev–Trinajstić information content (AvgIpc) is 3.09. The van der Waals surface area contributed by atoms with Gasteiger partial charge in [0.2, 0.25) is 5.91 Å². The van der Waals surface area contributed by atoms with Crippen molar-refractivity contribution >= 4 is 17.3 Å². The Labute approximate surface area is 150 Å². The topological polar surface area (TPSA) is 23.6 Å². The number of hydrogen-bond acceptors (Lipinski definition) is 2. The fraction of sp³-hybridized carbons (Fsp3) is 0.350. The third kappa shape index (κ3) is 2.83. The first-order valence-electron chi connectivity index (χ1n) is 8.69. The number of carbonyl (C=O) groups is 1. The number of fused-ring (bicyclic) bond motifs is 3. The summed E-state index contributed by atoms with van der Waals surface area (Å²) in [6.45, 7) is 2.95. The lowest BCUT2D eigenvalue weighted by atomic mass is 10.0. The molecule has 0 spiro atoms. The average molecular weight is 360 g/mol. The highest BCUT2D eigenvalue weighted by Gasteiger charge is 2.42. The van der Waals surface area contributed by atoms with Crippen molar-refractivity contribution in [3.8, 4) is 0 Å². The molecule has 3 nitrogen and oxygen atoms in total. The fourth-order valence-corrected chi connectivity index (χ4v) is 3.81. The minimum Gasteiger partial charge on any atom is -0.358 e. The van der Waals surface area contributed by atoms with E-state index in [2.05, 4.69) is 0 Å². The Kier molecular flexibility index (Phi) is 3.93. The van der Waals surface area contributed by atoms with Gasteiger partial charge in [-0.1, -0.05) is 29.8 Å². The highest BCUT2D eigenvalue weighted by molar-refractivity contribution is 6.06. The van der Waals surface area contributed by atoms with Crippen molar-refractivity contribution in [2.75, 3.05) is 16.3 Å². The Morgan fingerprint density at radius 2 is 1.81 bits per heavy atom. The van der Waals surface area contributed by atoms with E-state index in [-0.39, 0.29) is 18.5 Å². The van der Waals surface area contributed by atoms with E-state index in [4.69, 9.17) is 0 Å². The molecule has 2 aromatic carbocycles. The number of rotatable bonds is 2. The van der Waals surface area contributed by atoms with Gasteiger partial charge in [0.25, 0.3) is 0 Å². The molecule has 2 heterocycles. The van der Waals surface area contributed by atoms with E-state index in [0.29, 0.717) is 17.9 Å². The summed E-state index contributed by atoms with van der Waals surface area (Å²) in [5.41, 5.74) is 2.34. The second kappa shape index (κ2) is 6.04. The number of aryl methyl sites for hydroxylation is 1. The fourth-order valence-electron chi connectivity index (χ4n) is 3.81. The van der Waals surface area contributed by atoms with E-state index in [0.717, 1.165) is 36.1 Å². The summed E-state index contributed by atoms with van der Waals surface area (Å²) in [4.78, 5) is 16.5. The Balaban J connectivity index is 1.79. The molecule has 1 fully saturated rings. The van der Waals surface area contributed by atoms with Gasteiger partial charge in [-0.2, -0.15) is 13.2 Å². The minimum atomic E-state index is -4.44. The van der Waals surface area contributed by atoms with Crippen LogP contribution in [0.5, 0.6) is 0 Å². The van der Waals surface area contributed by atoms with Crippen molar-refractivity contribution in [3.63, 3.8) is 0 Å². The van der Waals surface area contributed by atoms with Crippen molar-refractivity contribution in [2.24, 2.45) is 0 Å². The van der Waals surface area contributed by atoms with E-state index in [1.54, 1.807) is 0 Å². The van der Waals surface area contributed by atoms with E-state index in [9.17, 15) is 18.0 Å². The van der Waals surface area contributed by atoms with Crippen LogP contribution in [-0.2, 0) is 17.5 Å². The molecule has 0 radical (unpaired) electrons. The smallest absolute Gasteiger partial charge is 0.358 e. The van der Waals surface area contributed by atoms with Crippen molar-refractivity contribution in [3.05, 3.63) is 59.2 Å². The number of hydrogen-bond donors (Lipinski definition) is 0. The lowest BCUT2D eigenvalue weighted by Crippen LogP contribution is -2.50. The molecule has 0 aromatic heterocycles. The van der Waals surface area contributed by atoms with E-state index in [1.807, 2.05) is 36.1 Å². The third-order valence-corrected chi connectivity index (χ3v) is 5.17. The largest absolute Gasteiger partial charge is 0.416 e. The van der Waals surface area contributed by atoms with Gasteiger partial charge in [0.1, 0.15) is 6.04 Å². The van der Waals surface area contributed by atoms with Crippen LogP contribution in [0.4, 0.5) is 24.5 Å². The standard InChI is InChI=1S/C20H19F3N2O/c1-13-4-6-14(7-5-13)12-25-18-11-15(20(21,22)23)8-9-16(18)24-10-2-3-17(24)19(25)26/h4-9,11,17H,2-3,10,12H2,1H3/t17-/m1/s1. The molecule has 1 amide bonds. The van der Waals surface area contributed by atoms with Crippen LogP contribution in [0.3, 0.4) is 0 Å². The Bertz CT molecular complexity index is 845. The Morgan fingerprint density at radius 1 is 1.08 bits per heavy atom. The number of amides is 1. The summed E-state index contributed by atoms with van der Waals surface area (Å²) in [5.74, 6) is -0.116. The molecule has 2 aliphatic heterocycles. The lowest BCUT2D eigenvalue weighted by Gasteiger charge is -2.40. The van der Waals surface area contributed by atoms with Crippen molar-refractivity contribution in [2.45, 2.75) is 38.5 Å². The van der Waals surface area contributed by atoms with Crippen molar-refractivity contribution < 1.29 is 18.0 Å². The van der Waals surface area contributed by atoms with E-state index < -0.39 is 11.7 Å². The van der Waals surface area contributed by atoms with Gasteiger partial charge in [0, 0.05) is 6.54 Å². The molecular weight excluding hydrogens is 341 g/mol. The maximum atomic E-state index is 13.2. The van der Waals surface area contributed by atoms with Gasteiger partial charge < -0.3 is 9.80 Å². The number of nitrogens with zero attached hydrogens (tertiary/aromatic N) is 2. The molecule has 0 bridgehead atoms. The van der Waals surface area contributed by atoms with Crippen molar-refractivity contribution in [1.82, 2.24) is 0 Å². The molecule has 4 rings (SSSR count). The molecule has 1 saturated heterocycles.